The second kappa shape index (κ2) is 10.9. The highest BCUT2D eigenvalue weighted by Gasteiger charge is 2.29. The zero-order valence-electron chi connectivity index (χ0n) is 20.4. The molecule has 1 atom stereocenters. The Labute approximate surface area is 226 Å². The first kappa shape index (κ1) is 25.3. The normalized spacial score (nSPS) is 15.0. The minimum absolute atomic E-state index is 0.113. The number of nitrogens with zero attached hydrogens (tertiary/aromatic N) is 3. The number of amides is 1. The highest BCUT2D eigenvalue weighted by molar-refractivity contribution is 6.42. The Balaban J connectivity index is 1.38. The van der Waals surface area contributed by atoms with Crippen molar-refractivity contribution in [2.45, 2.75) is 32.5 Å². The number of aromatic amines is 1. The molecular formula is C29H26Cl2N4O2. The van der Waals surface area contributed by atoms with Crippen molar-refractivity contribution in [1.29, 1.82) is 0 Å². The van der Waals surface area contributed by atoms with E-state index in [1.165, 1.54) is 0 Å². The summed E-state index contributed by atoms with van der Waals surface area (Å²) in [6, 6.07) is 19.5. The lowest BCUT2D eigenvalue weighted by atomic mass is 9.86. The third-order valence-corrected chi connectivity index (χ3v) is 7.66. The Kier molecular flexibility index (Phi) is 7.48. The average molecular weight is 533 g/mol. The Morgan fingerprint density at radius 1 is 1.11 bits per heavy atom. The molecule has 5 rings (SSSR count). The molecule has 37 heavy (non-hydrogen) atoms. The first-order valence-electron chi connectivity index (χ1n) is 12.2. The number of carbonyl (C=O) groups excluding carboxylic acids is 1. The molecule has 4 aromatic rings. The van der Waals surface area contributed by atoms with Crippen molar-refractivity contribution >= 4 is 45.8 Å². The molecule has 2 heterocycles. The van der Waals surface area contributed by atoms with Crippen molar-refractivity contribution in [3.63, 3.8) is 0 Å². The van der Waals surface area contributed by atoms with Gasteiger partial charge in [0.25, 0.3) is 0 Å². The van der Waals surface area contributed by atoms with Gasteiger partial charge >= 0.3 is 0 Å². The van der Waals surface area contributed by atoms with Crippen LogP contribution in [0, 0.1) is 12.5 Å². The van der Waals surface area contributed by atoms with Crippen LogP contribution in [-0.4, -0.2) is 33.9 Å². The summed E-state index contributed by atoms with van der Waals surface area (Å²) in [5.74, 6) is 1.08. The average Bonchev–Trinajstić information content (AvgIpc) is 3.31. The van der Waals surface area contributed by atoms with Crippen LogP contribution < -0.4 is 0 Å². The van der Waals surface area contributed by atoms with Crippen LogP contribution in [0.25, 0.3) is 27.0 Å². The summed E-state index contributed by atoms with van der Waals surface area (Å²) in [6.45, 7) is 10.7. The predicted molar refractivity (Wildman–Crippen MR) is 147 cm³/mol. The molecule has 6 nitrogen and oxygen atoms in total. The van der Waals surface area contributed by atoms with Crippen molar-refractivity contribution in [3.8, 4) is 11.1 Å². The van der Waals surface area contributed by atoms with Gasteiger partial charge in [-0.2, -0.15) is 0 Å². The van der Waals surface area contributed by atoms with Gasteiger partial charge < -0.3 is 14.6 Å². The molecule has 1 aliphatic heterocycles. The monoisotopic (exact) mass is 532 g/mol. The number of aromatic nitrogens is 2. The van der Waals surface area contributed by atoms with E-state index in [0.717, 1.165) is 53.7 Å². The molecule has 1 N–H and O–H groups in total. The van der Waals surface area contributed by atoms with Gasteiger partial charge in [-0.15, -0.1) is 0 Å². The number of carbonyl (C=O) groups is 1. The number of ether oxygens (including phenoxy) is 1. The number of hydrogen-bond acceptors (Lipinski definition) is 3. The molecule has 0 aliphatic carbocycles. The lowest BCUT2D eigenvalue weighted by Gasteiger charge is -2.35. The molecule has 188 valence electrons. The molecule has 0 radical (unpaired) electrons. The second-order valence-electron chi connectivity index (χ2n) is 9.33. The van der Waals surface area contributed by atoms with Crippen molar-refractivity contribution in [2.24, 2.45) is 5.92 Å². The number of benzene rings is 3. The van der Waals surface area contributed by atoms with Crippen LogP contribution in [0.2, 0.25) is 10.0 Å². The molecular weight excluding hydrogens is 507 g/mol. The zero-order chi connectivity index (χ0) is 25.9. The van der Waals surface area contributed by atoms with Crippen molar-refractivity contribution < 1.29 is 9.53 Å². The summed E-state index contributed by atoms with van der Waals surface area (Å²) in [6.07, 6.45) is 1.58. The first-order valence-corrected chi connectivity index (χ1v) is 13.0. The molecule has 1 aromatic heterocycles. The van der Waals surface area contributed by atoms with Crippen molar-refractivity contribution in [2.75, 3.05) is 13.1 Å². The minimum atomic E-state index is -0.155. The van der Waals surface area contributed by atoms with E-state index in [-0.39, 0.29) is 17.9 Å². The molecule has 0 saturated carbocycles. The maximum absolute atomic E-state index is 11.9. The van der Waals surface area contributed by atoms with Crippen LogP contribution >= 0.6 is 23.2 Å². The topological polar surface area (TPSA) is 62.6 Å². The summed E-state index contributed by atoms with van der Waals surface area (Å²) >= 11 is 12.3. The maximum Gasteiger partial charge on any atom is 0.219 e. The number of H-pyrrole nitrogens is 1. The van der Waals surface area contributed by atoms with Gasteiger partial charge in [0.05, 0.1) is 33.8 Å². The maximum atomic E-state index is 11.9. The summed E-state index contributed by atoms with van der Waals surface area (Å²) in [5.41, 5.74) is 5.30. The van der Waals surface area contributed by atoms with Gasteiger partial charge in [0.15, 0.2) is 5.69 Å². The largest absolute Gasteiger partial charge is 0.365 e. The van der Waals surface area contributed by atoms with Gasteiger partial charge in [-0.05, 0) is 53.6 Å². The number of hydrogen-bond donors (Lipinski definition) is 1. The van der Waals surface area contributed by atoms with Crippen LogP contribution in [0.1, 0.15) is 37.3 Å². The number of rotatable bonds is 6. The highest BCUT2D eigenvalue weighted by atomic mass is 35.5. The summed E-state index contributed by atoms with van der Waals surface area (Å²) in [7, 11) is 0. The van der Waals surface area contributed by atoms with Crippen molar-refractivity contribution in [1.82, 2.24) is 14.9 Å². The molecule has 1 unspecified atom stereocenters. The van der Waals surface area contributed by atoms with Gasteiger partial charge in [0, 0.05) is 20.0 Å². The van der Waals surface area contributed by atoms with Gasteiger partial charge in [0.1, 0.15) is 12.4 Å². The Hall–Kier alpha value is -3.37. The van der Waals surface area contributed by atoms with E-state index in [2.05, 4.69) is 39.1 Å². The lowest BCUT2D eigenvalue weighted by Crippen LogP contribution is -2.38. The summed E-state index contributed by atoms with van der Waals surface area (Å²) in [5, 5.41) is 0.938. The van der Waals surface area contributed by atoms with E-state index in [9.17, 15) is 4.79 Å². The zero-order valence-corrected chi connectivity index (χ0v) is 21.9. The number of halogens is 2. The van der Waals surface area contributed by atoms with Gasteiger partial charge in [-0.1, -0.05) is 65.7 Å². The van der Waals surface area contributed by atoms with Gasteiger partial charge in [-0.25, -0.2) is 9.83 Å². The molecule has 1 fully saturated rings. The van der Waals surface area contributed by atoms with E-state index in [1.807, 2.05) is 29.2 Å². The fourth-order valence-corrected chi connectivity index (χ4v) is 5.26. The Morgan fingerprint density at radius 3 is 2.54 bits per heavy atom. The van der Waals surface area contributed by atoms with E-state index >= 15 is 0 Å². The molecule has 0 bridgehead atoms. The number of likely N-dealkylation sites (tertiary alicyclic amines) is 1. The molecule has 0 spiro atoms. The number of nitrogens with one attached hydrogen (secondary N) is 1. The molecule has 3 aromatic carbocycles. The van der Waals surface area contributed by atoms with Crippen LogP contribution in [0.3, 0.4) is 0 Å². The molecule has 1 saturated heterocycles. The first-order chi connectivity index (χ1) is 17.9. The van der Waals surface area contributed by atoms with Gasteiger partial charge in [-0.3, -0.25) is 4.79 Å². The van der Waals surface area contributed by atoms with E-state index in [4.69, 9.17) is 34.5 Å². The second-order valence-corrected chi connectivity index (χ2v) is 10.1. The Morgan fingerprint density at radius 2 is 1.84 bits per heavy atom. The molecule has 1 aliphatic rings. The number of fused-ring (bicyclic) bond motifs is 1. The van der Waals surface area contributed by atoms with E-state index in [1.54, 1.807) is 19.1 Å². The third kappa shape index (κ3) is 5.65. The fraction of sp³-hybridized carbons (Fsp3) is 0.276. The smallest absolute Gasteiger partial charge is 0.219 e. The van der Waals surface area contributed by atoms with Crippen LogP contribution in [0.4, 0.5) is 5.69 Å². The van der Waals surface area contributed by atoms with Crippen LogP contribution in [-0.2, 0) is 16.1 Å². The lowest BCUT2D eigenvalue weighted by molar-refractivity contribution is -0.131. The van der Waals surface area contributed by atoms with Gasteiger partial charge in [0.2, 0.25) is 5.91 Å². The van der Waals surface area contributed by atoms with Crippen molar-refractivity contribution in [3.05, 3.63) is 93.5 Å². The summed E-state index contributed by atoms with van der Waals surface area (Å²) in [4.78, 5) is 25.2. The minimum Gasteiger partial charge on any atom is -0.365 e. The number of imidazole rings is 1. The van der Waals surface area contributed by atoms with E-state index < -0.39 is 0 Å². The fourth-order valence-electron chi connectivity index (χ4n) is 4.94. The van der Waals surface area contributed by atoms with E-state index in [0.29, 0.717) is 28.2 Å². The molecule has 8 heteroatoms. The molecule has 1 amide bonds. The third-order valence-electron chi connectivity index (χ3n) is 6.93. The highest BCUT2D eigenvalue weighted by Crippen LogP contribution is 2.36. The number of piperidine rings is 1. The quantitative estimate of drug-likeness (QED) is 0.260. The summed E-state index contributed by atoms with van der Waals surface area (Å²) < 4.78 is 6.52. The van der Waals surface area contributed by atoms with Crippen LogP contribution in [0.5, 0.6) is 0 Å². The Bertz CT molecular complexity index is 1430. The SMILES string of the molecule is [C-]#[N+]c1cccc(-c2ccc(C(OCc3nc4cc(Cl)c(Cl)cc4[nH]3)C3CCN(C(C)=O)CC3)cc2)c1. The predicted octanol–water partition coefficient (Wildman–Crippen LogP) is 7.60. The standard InChI is InChI=1S/C29H26Cl2N4O2/c1-18(36)35-12-10-21(11-13-35)29(37-17-28-33-26-15-24(30)25(31)16-27(26)34-28)20-8-6-19(7-9-20)22-4-3-5-23(14-22)32-2/h3-9,14-16,21,29H,10-13,17H2,1H3,(H,33,34). The van der Waals surface area contributed by atoms with Crippen LogP contribution in [0.15, 0.2) is 60.7 Å².